The largest absolute Gasteiger partial charge is 0.265 e. The molecule has 0 fully saturated rings. The molecule has 0 unspecified atom stereocenters. The second kappa shape index (κ2) is 6.35. The van der Waals surface area contributed by atoms with E-state index in [2.05, 4.69) is 51.5 Å². The Kier molecular flexibility index (Phi) is 3.53. The molecule has 0 aliphatic rings. The molecule has 0 amide bonds. The lowest BCUT2D eigenvalue weighted by Gasteiger charge is -2.10. The summed E-state index contributed by atoms with van der Waals surface area (Å²) in [6.45, 7) is 2.08. The number of hydrogen-bond acceptors (Lipinski definition) is 7. The van der Waals surface area contributed by atoms with Crippen LogP contribution in [0.25, 0.3) is 59.1 Å². The van der Waals surface area contributed by atoms with Gasteiger partial charge in [-0.1, -0.05) is 48.0 Å². The average molecular weight is 452 g/mol. The zero-order valence-corrected chi connectivity index (χ0v) is 18.3. The zero-order chi connectivity index (χ0) is 21.4. The number of rotatable bonds is 1. The minimum atomic E-state index is 0.422. The predicted octanol–water partition coefficient (Wildman–Crippen LogP) is 5.62. The van der Waals surface area contributed by atoms with Gasteiger partial charge < -0.3 is 0 Å². The Hall–Kier alpha value is -3.82. The standard InChI is InChI=1S/C23H13N7S2/c1-11-6-8-12(9-7-11)15-16-19-20(21-26-23(31)29-30(21)10-24-19)32-22(16)25-17-13-4-2-3-5-14(13)27-28-18(15)17/h2-10H,1H3,(H,29,31). The first-order valence-electron chi connectivity index (χ1n) is 9.99. The monoisotopic (exact) mass is 451 g/mol. The van der Waals surface area contributed by atoms with E-state index in [1.807, 2.05) is 24.3 Å². The van der Waals surface area contributed by atoms with Crippen molar-refractivity contribution in [3.05, 3.63) is 65.2 Å². The summed E-state index contributed by atoms with van der Waals surface area (Å²) < 4.78 is 3.11. The summed E-state index contributed by atoms with van der Waals surface area (Å²) in [5, 5.41) is 14.1. The molecule has 7 rings (SSSR count). The van der Waals surface area contributed by atoms with Gasteiger partial charge in [-0.15, -0.1) is 21.5 Å². The van der Waals surface area contributed by atoms with Gasteiger partial charge in [0.1, 0.15) is 26.9 Å². The lowest BCUT2D eigenvalue weighted by molar-refractivity contribution is 0.928. The van der Waals surface area contributed by atoms with Crippen LogP contribution in [0.15, 0.2) is 54.9 Å². The highest BCUT2D eigenvalue weighted by Crippen LogP contribution is 2.43. The van der Waals surface area contributed by atoms with Gasteiger partial charge in [-0.05, 0) is 30.8 Å². The molecule has 152 valence electrons. The number of aromatic amines is 1. The summed E-state index contributed by atoms with van der Waals surface area (Å²) in [5.41, 5.74) is 7.24. The van der Waals surface area contributed by atoms with Crippen molar-refractivity contribution in [1.29, 1.82) is 0 Å². The smallest absolute Gasteiger partial charge is 0.214 e. The minimum absolute atomic E-state index is 0.422. The van der Waals surface area contributed by atoms with Crippen molar-refractivity contribution in [1.82, 2.24) is 34.8 Å². The van der Waals surface area contributed by atoms with Crippen LogP contribution in [0, 0.1) is 11.7 Å². The Morgan fingerprint density at radius 2 is 1.78 bits per heavy atom. The molecule has 7 aromatic rings. The van der Waals surface area contributed by atoms with Gasteiger partial charge in [0.25, 0.3) is 0 Å². The Bertz CT molecular complexity index is 1910. The van der Waals surface area contributed by atoms with Crippen LogP contribution in [-0.2, 0) is 0 Å². The molecule has 0 spiro atoms. The van der Waals surface area contributed by atoms with Gasteiger partial charge in [0.15, 0.2) is 5.65 Å². The number of H-pyrrole nitrogens is 1. The van der Waals surface area contributed by atoms with Crippen LogP contribution in [0.5, 0.6) is 0 Å². The molecule has 5 heterocycles. The van der Waals surface area contributed by atoms with E-state index in [0.717, 1.165) is 59.1 Å². The van der Waals surface area contributed by atoms with Crippen molar-refractivity contribution in [2.75, 3.05) is 0 Å². The van der Waals surface area contributed by atoms with E-state index >= 15 is 0 Å². The molecular weight excluding hydrogens is 438 g/mol. The van der Waals surface area contributed by atoms with Gasteiger partial charge >= 0.3 is 0 Å². The molecule has 0 atom stereocenters. The van der Waals surface area contributed by atoms with Gasteiger partial charge in [0.05, 0.1) is 11.0 Å². The van der Waals surface area contributed by atoms with Crippen molar-refractivity contribution < 1.29 is 0 Å². The van der Waals surface area contributed by atoms with E-state index < -0.39 is 0 Å². The number of thiophene rings is 1. The zero-order valence-electron chi connectivity index (χ0n) is 16.7. The number of aromatic nitrogens is 7. The van der Waals surface area contributed by atoms with Crippen LogP contribution in [0.4, 0.5) is 0 Å². The fourth-order valence-corrected chi connectivity index (χ4v) is 5.53. The first-order valence-corrected chi connectivity index (χ1v) is 11.2. The number of hydrogen-bond donors (Lipinski definition) is 1. The summed E-state index contributed by atoms with van der Waals surface area (Å²) in [6.07, 6.45) is 1.71. The molecule has 0 saturated carbocycles. The maximum absolute atomic E-state index is 5.25. The molecule has 32 heavy (non-hydrogen) atoms. The molecule has 7 nitrogen and oxygen atoms in total. The number of nitrogens with zero attached hydrogens (tertiary/aromatic N) is 6. The van der Waals surface area contributed by atoms with Crippen molar-refractivity contribution in [2.45, 2.75) is 6.92 Å². The first-order chi connectivity index (χ1) is 15.7. The fourth-order valence-electron chi connectivity index (χ4n) is 4.22. The van der Waals surface area contributed by atoms with E-state index in [-0.39, 0.29) is 0 Å². The third kappa shape index (κ3) is 2.40. The molecule has 2 aromatic carbocycles. The topological polar surface area (TPSA) is 84.6 Å². The van der Waals surface area contributed by atoms with Gasteiger partial charge in [-0.2, -0.15) is 4.98 Å². The maximum atomic E-state index is 5.25. The van der Waals surface area contributed by atoms with Gasteiger partial charge in [0.2, 0.25) is 4.77 Å². The number of pyridine rings is 1. The van der Waals surface area contributed by atoms with Crippen molar-refractivity contribution in [3.8, 4) is 11.1 Å². The summed E-state index contributed by atoms with van der Waals surface area (Å²) in [7, 11) is 0. The van der Waals surface area contributed by atoms with Crippen molar-refractivity contribution >= 4 is 71.6 Å². The normalized spacial score (nSPS) is 12.0. The molecule has 0 radical (unpaired) electrons. The summed E-state index contributed by atoms with van der Waals surface area (Å²) in [6, 6.07) is 16.4. The quantitative estimate of drug-likeness (QED) is 0.258. The van der Waals surface area contributed by atoms with Crippen LogP contribution < -0.4 is 0 Å². The molecule has 1 N–H and O–H groups in total. The molecule has 0 aliphatic heterocycles. The average Bonchev–Trinajstić information content (AvgIpc) is 3.37. The summed E-state index contributed by atoms with van der Waals surface area (Å²) >= 11 is 6.82. The van der Waals surface area contributed by atoms with Crippen molar-refractivity contribution in [2.24, 2.45) is 0 Å². The Morgan fingerprint density at radius 1 is 0.938 bits per heavy atom. The second-order valence-corrected chi connectivity index (χ2v) is 9.08. The summed E-state index contributed by atoms with van der Waals surface area (Å²) in [4.78, 5) is 15.2. The van der Waals surface area contributed by atoms with E-state index in [0.29, 0.717) is 4.77 Å². The number of aryl methyl sites for hydroxylation is 1. The minimum Gasteiger partial charge on any atom is -0.265 e. The number of nitrogens with one attached hydrogen (secondary N) is 1. The lowest BCUT2D eigenvalue weighted by atomic mass is 9.99. The lowest BCUT2D eigenvalue weighted by Crippen LogP contribution is -1.95. The fraction of sp³-hybridized carbons (Fsp3) is 0.0435. The molecule has 5 aromatic heterocycles. The first kappa shape index (κ1) is 17.8. The van der Waals surface area contributed by atoms with Crippen LogP contribution in [-0.4, -0.2) is 34.8 Å². The van der Waals surface area contributed by atoms with E-state index in [9.17, 15) is 0 Å². The highest BCUT2D eigenvalue weighted by Gasteiger charge is 2.21. The Balaban J connectivity index is 1.76. The van der Waals surface area contributed by atoms with Crippen LogP contribution in [0.2, 0.25) is 0 Å². The van der Waals surface area contributed by atoms with Gasteiger partial charge in [-0.3, -0.25) is 5.10 Å². The van der Waals surface area contributed by atoms with E-state index in [4.69, 9.17) is 22.2 Å². The molecular formula is C23H13N7S2. The van der Waals surface area contributed by atoms with Crippen LogP contribution >= 0.6 is 23.6 Å². The third-order valence-corrected chi connectivity index (χ3v) is 6.95. The highest BCUT2D eigenvalue weighted by atomic mass is 32.1. The summed E-state index contributed by atoms with van der Waals surface area (Å²) in [5.74, 6) is 0. The number of benzene rings is 2. The molecule has 0 bridgehead atoms. The van der Waals surface area contributed by atoms with Gasteiger partial charge in [-0.25, -0.2) is 14.5 Å². The Labute approximate surface area is 189 Å². The molecule has 0 saturated heterocycles. The van der Waals surface area contributed by atoms with Crippen molar-refractivity contribution in [3.63, 3.8) is 0 Å². The predicted molar refractivity (Wildman–Crippen MR) is 130 cm³/mol. The molecule has 0 aliphatic carbocycles. The highest BCUT2D eigenvalue weighted by molar-refractivity contribution is 7.71. The number of fused-ring (bicyclic) bond motifs is 8. The third-order valence-electron chi connectivity index (χ3n) is 5.70. The maximum Gasteiger partial charge on any atom is 0.214 e. The SMILES string of the molecule is Cc1ccc(-c2c3nnc4ccccc4c3nc3sc4c(ncn5[nH]c(=S)nc45)c23)cc1. The van der Waals surface area contributed by atoms with E-state index in [1.165, 1.54) is 5.56 Å². The van der Waals surface area contributed by atoms with Crippen LogP contribution in [0.1, 0.15) is 5.56 Å². The second-order valence-electron chi connectivity index (χ2n) is 7.69. The van der Waals surface area contributed by atoms with Crippen LogP contribution in [0.3, 0.4) is 0 Å². The van der Waals surface area contributed by atoms with Gasteiger partial charge in [0, 0.05) is 16.3 Å². The Morgan fingerprint density at radius 3 is 2.66 bits per heavy atom. The van der Waals surface area contributed by atoms with E-state index in [1.54, 1.807) is 22.2 Å². The molecule has 9 heteroatoms.